The lowest BCUT2D eigenvalue weighted by Crippen LogP contribution is -2.43. The van der Waals surface area contributed by atoms with Crippen LogP contribution in [0.4, 0.5) is 5.69 Å². The molecule has 1 aliphatic rings. The van der Waals surface area contributed by atoms with E-state index in [0.717, 1.165) is 48.5 Å². The van der Waals surface area contributed by atoms with Crippen molar-refractivity contribution in [1.29, 1.82) is 0 Å². The maximum Gasteiger partial charge on any atom is 0.238 e. The highest BCUT2D eigenvalue weighted by atomic mass is 16.5. The van der Waals surface area contributed by atoms with Gasteiger partial charge in [-0.3, -0.25) is 14.5 Å². The number of rotatable bonds is 7. The average molecular weight is 396 g/mol. The summed E-state index contributed by atoms with van der Waals surface area (Å²) in [4.78, 5) is 26.8. The van der Waals surface area contributed by atoms with Crippen LogP contribution in [0, 0.1) is 12.8 Å². The van der Waals surface area contributed by atoms with Gasteiger partial charge in [-0.1, -0.05) is 29.8 Å². The SMILES string of the molecule is COc1cccc(CNC(=O)C2CCN(CC(=O)Nc3ccc(C)cc3)CC2)c1. The Balaban J connectivity index is 1.39. The summed E-state index contributed by atoms with van der Waals surface area (Å²) in [6.07, 6.45) is 1.53. The molecule has 0 saturated carbocycles. The van der Waals surface area contributed by atoms with Gasteiger partial charge in [0.1, 0.15) is 5.75 Å². The summed E-state index contributed by atoms with van der Waals surface area (Å²) in [5.41, 5.74) is 2.99. The van der Waals surface area contributed by atoms with Crippen molar-refractivity contribution in [1.82, 2.24) is 10.2 Å². The highest BCUT2D eigenvalue weighted by Gasteiger charge is 2.25. The van der Waals surface area contributed by atoms with Crippen molar-refractivity contribution in [2.75, 3.05) is 32.1 Å². The molecule has 6 heteroatoms. The lowest BCUT2D eigenvalue weighted by atomic mass is 9.96. The van der Waals surface area contributed by atoms with E-state index in [1.807, 2.05) is 55.5 Å². The number of amides is 2. The molecular weight excluding hydrogens is 366 g/mol. The van der Waals surface area contributed by atoms with E-state index < -0.39 is 0 Å². The number of piperidine rings is 1. The molecule has 2 aromatic carbocycles. The first-order valence-electron chi connectivity index (χ1n) is 10.0. The molecule has 0 aromatic heterocycles. The van der Waals surface area contributed by atoms with Crippen molar-refractivity contribution in [2.24, 2.45) is 5.92 Å². The number of benzene rings is 2. The van der Waals surface area contributed by atoms with E-state index in [2.05, 4.69) is 15.5 Å². The van der Waals surface area contributed by atoms with Crippen LogP contribution in [-0.2, 0) is 16.1 Å². The number of aryl methyl sites for hydroxylation is 1. The largest absolute Gasteiger partial charge is 0.497 e. The summed E-state index contributed by atoms with van der Waals surface area (Å²) in [5.74, 6) is 0.845. The first-order chi connectivity index (χ1) is 14.0. The fraction of sp³-hybridized carbons (Fsp3) is 0.391. The molecule has 1 fully saturated rings. The van der Waals surface area contributed by atoms with Crippen molar-refractivity contribution >= 4 is 17.5 Å². The molecule has 29 heavy (non-hydrogen) atoms. The summed E-state index contributed by atoms with van der Waals surface area (Å²) < 4.78 is 5.21. The maximum absolute atomic E-state index is 12.5. The molecule has 0 aliphatic carbocycles. The van der Waals surface area contributed by atoms with Gasteiger partial charge in [-0.15, -0.1) is 0 Å². The summed E-state index contributed by atoms with van der Waals surface area (Å²) >= 11 is 0. The van der Waals surface area contributed by atoms with Gasteiger partial charge in [0.05, 0.1) is 13.7 Å². The fourth-order valence-electron chi connectivity index (χ4n) is 3.51. The van der Waals surface area contributed by atoms with Gasteiger partial charge < -0.3 is 15.4 Å². The van der Waals surface area contributed by atoms with Crippen LogP contribution in [0.2, 0.25) is 0 Å². The number of nitrogens with zero attached hydrogens (tertiary/aromatic N) is 1. The Labute approximate surface area is 172 Å². The zero-order valence-electron chi connectivity index (χ0n) is 17.1. The van der Waals surface area contributed by atoms with Gasteiger partial charge in [0.2, 0.25) is 11.8 Å². The second-order valence-corrected chi connectivity index (χ2v) is 7.53. The zero-order valence-corrected chi connectivity index (χ0v) is 17.1. The molecule has 2 N–H and O–H groups in total. The first-order valence-corrected chi connectivity index (χ1v) is 10.0. The van der Waals surface area contributed by atoms with Crippen LogP contribution in [0.15, 0.2) is 48.5 Å². The lowest BCUT2D eigenvalue weighted by Gasteiger charge is -2.30. The van der Waals surface area contributed by atoms with Crippen molar-refractivity contribution in [3.63, 3.8) is 0 Å². The molecule has 0 unspecified atom stereocenters. The molecule has 3 rings (SSSR count). The standard InChI is InChI=1S/C23H29N3O3/c1-17-6-8-20(9-7-17)25-22(27)16-26-12-10-19(11-13-26)23(28)24-15-18-4-3-5-21(14-18)29-2/h3-9,14,19H,10-13,15-16H2,1-2H3,(H,24,28)(H,25,27). The molecule has 0 radical (unpaired) electrons. The van der Waals surface area contributed by atoms with E-state index in [1.54, 1.807) is 7.11 Å². The van der Waals surface area contributed by atoms with E-state index in [4.69, 9.17) is 4.74 Å². The lowest BCUT2D eigenvalue weighted by molar-refractivity contribution is -0.126. The van der Waals surface area contributed by atoms with Gasteiger partial charge in [0.15, 0.2) is 0 Å². The van der Waals surface area contributed by atoms with Crippen LogP contribution < -0.4 is 15.4 Å². The number of carbonyl (C=O) groups is 2. The number of anilines is 1. The maximum atomic E-state index is 12.5. The van der Waals surface area contributed by atoms with Crippen molar-refractivity contribution in [3.8, 4) is 5.75 Å². The van der Waals surface area contributed by atoms with Gasteiger partial charge in [-0.2, -0.15) is 0 Å². The smallest absolute Gasteiger partial charge is 0.238 e. The molecule has 2 amide bonds. The third-order valence-corrected chi connectivity index (χ3v) is 5.26. The van der Waals surface area contributed by atoms with Crippen LogP contribution in [0.5, 0.6) is 5.75 Å². The van der Waals surface area contributed by atoms with Crippen LogP contribution in [0.25, 0.3) is 0 Å². The van der Waals surface area contributed by atoms with Gasteiger partial charge in [0, 0.05) is 18.2 Å². The number of hydrogen-bond donors (Lipinski definition) is 2. The Kier molecular flexibility index (Phi) is 7.25. The predicted octanol–water partition coefficient (Wildman–Crippen LogP) is 2.97. The van der Waals surface area contributed by atoms with E-state index in [1.165, 1.54) is 0 Å². The van der Waals surface area contributed by atoms with E-state index in [0.29, 0.717) is 13.1 Å². The minimum Gasteiger partial charge on any atom is -0.497 e. The summed E-state index contributed by atoms with van der Waals surface area (Å²) in [7, 11) is 1.63. The number of methoxy groups -OCH3 is 1. The zero-order chi connectivity index (χ0) is 20.6. The van der Waals surface area contributed by atoms with Crippen molar-refractivity contribution < 1.29 is 14.3 Å². The second kappa shape index (κ2) is 10.1. The second-order valence-electron chi connectivity index (χ2n) is 7.53. The number of likely N-dealkylation sites (tertiary alicyclic amines) is 1. The van der Waals surface area contributed by atoms with E-state index in [9.17, 15) is 9.59 Å². The summed E-state index contributed by atoms with van der Waals surface area (Å²) in [6, 6.07) is 15.5. The van der Waals surface area contributed by atoms with Crippen LogP contribution >= 0.6 is 0 Å². The van der Waals surface area contributed by atoms with Crippen LogP contribution in [0.3, 0.4) is 0 Å². The molecule has 0 spiro atoms. The fourth-order valence-corrected chi connectivity index (χ4v) is 3.51. The topological polar surface area (TPSA) is 70.7 Å². The highest BCUT2D eigenvalue weighted by molar-refractivity contribution is 5.92. The molecule has 0 bridgehead atoms. The molecule has 1 heterocycles. The first kappa shape index (κ1) is 20.9. The van der Waals surface area contributed by atoms with Gasteiger partial charge in [-0.25, -0.2) is 0 Å². The predicted molar refractivity (Wildman–Crippen MR) is 114 cm³/mol. The molecule has 154 valence electrons. The Hall–Kier alpha value is -2.86. The highest BCUT2D eigenvalue weighted by Crippen LogP contribution is 2.18. The molecule has 6 nitrogen and oxygen atoms in total. The normalized spacial score (nSPS) is 15.0. The van der Waals surface area contributed by atoms with Crippen molar-refractivity contribution in [3.05, 3.63) is 59.7 Å². The summed E-state index contributed by atoms with van der Waals surface area (Å²) in [5, 5.41) is 5.95. The third kappa shape index (κ3) is 6.32. The minimum atomic E-state index is -0.0187. The Morgan fingerprint density at radius 3 is 2.52 bits per heavy atom. The summed E-state index contributed by atoms with van der Waals surface area (Å²) in [6.45, 7) is 4.36. The third-order valence-electron chi connectivity index (χ3n) is 5.26. The van der Waals surface area contributed by atoms with Crippen LogP contribution in [0.1, 0.15) is 24.0 Å². The van der Waals surface area contributed by atoms with Gasteiger partial charge in [-0.05, 0) is 62.7 Å². The van der Waals surface area contributed by atoms with Gasteiger partial charge >= 0.3 is 0 Å². The van der Waals surface area contributed by atoms with Gasteiger partial charge in [0.25, 0.3) is 0 Å². The number of nitrogens with one attached hydrogen (secondary N) is 2. The molecule has 0 atom stereocenters. The monoisotopic (exact) mass is 395 g/mol. The van der Waals surface area contributed by atoms with E-state index in [-0.39, 0.29) is 17.7 Å². The number of ether oxygens (including phenoxy) is 1. The average Bonchev–Trinajstić information content (AvgIpc) is 2.74. The molecular formula is C23H29N3O3. The molecule has 2 aromatic rings. The quantitative estimate of drug-likeness (QED) is 0.756. The Morgan fingerprint density at radius 2 is 1.83 bits per heavy atom. The minimum absolute atomic E-state index is 0.00276. The number of hydrogen-bond acceptors (Lipinski definition) is 4. The number of carbonyl (C=O) groups excluding carboxylic acids is 2. The molecule has 1 aliphatic heterocycles. The van der Waals surface area contributed by atoms with E-state index >= 15 is 0 Å². The Morgan fingerprint density at radius 1 is 1.10 bits per heavy atom. The van der Waals surface area contributed by atoms with Crippen LogP contribution in [-0.4, -0.2) is 43.5 Å². The Bertz CT molecular complexity index is 828. The van der Waals surface area contributed by atoms with Crippen molar-refractivity contribution in [2.45, 2.75) is 26.3 Å². The molecule has 1 saturated heterocycles.